The molecule has 1 unspecified atom stereocenters. The van der Waals surface area contributed by atoms with Gasteiger partial charge in [0.05, 0.1) is 18.8 Å². The third kappa shape index (κ3) is 4.77. The Hall–Kier alpha value is -3.20. The van der Waals surface area contributed by atoms with Crippen molar-refractivity contribution in [3.63, 3.8) is 0 Å². The molecule has 0 spiro atoms. The smallest absolute Gasteiger partial charge is 0.416 e. The number of rotatable bonds is 3. The molecule has 0 saturated heterocycles. The highest BCUT2D eigenvalue weighted by molar-refractivity contribution is 6.04. The van der Waals surface area contributed by atoms with E-state index >= 15 is 0 Å². The van der Waals surface area contributed by atoms with Gasteiger partial charge < -0.3 is 24.6 Å². The quantitative estimate of drug-likeness (QED) is 0.712. The molecule has 31 heavy (non-hydrogen) atoms. The highest BCUT2D eigenvalue weighted by Gasteiger charge is 2.32. The molecular weight excluding hydrogens is 415 g/mol. The lowest BCUT2D eigenvalue weighted by atomic mass is 9.99. The van der Waals surface area contributed by atoms with E-state index in [0.717, 1.165) is 12.1 Å². The minimum absolute atomic E-state index is 0.112. The Bertz CT molecular complexity index is 1020. The maximum Gasteiger partial charge on any atom is 0.416 e. The molecular formula is C22H20F3NO5. The zero-order valence-electron chi connectivity index (χ0n) is 16.4. The third-order valence-corrected chi connectivity index (χ3v) is 4.94. The van der Waals surface area contributed by atoms with E-state index in [1.54, 1.807) is 18.2 Å². The summed E-state index contributed by atoms with van der Waals surface area (Å²) in [6.45, 7) is 0.306. The molecule has 2 aromatic rings. The van der Waals surface area contributed by atoms with Gasteiger partial charge in [0.1, 0.15) is 12.4 Å². The van der Waals surface area contributed by atoms with Gasteiger partial charge in [-0.1, -0.05) is 6.07 Å². The lowest BCUT2D eigenvalue weighted by Gasteiger charge is -2.25. The number of amides is 1. The SMILES string of the molecule is O=C(/C=C1\CCCOc2cc(C(F)(F)F)ccc21)Nc1ccc2c(c1)OC(CO)CO2. The summed E-state index contributed by atoms with van der Waals surface area (Å²) < 4.78 is 55.6. The largest absolute Gasteiger partial charge is 0.493 e. The summed E-state index contributed by atoms with van der Waals surface area (Å²) in [6.07, 6.45) is -2.52. The summed E-state index contributed by atoms with van der Waals surface area (Å²) in [5.41, 5.74) is 0.722. The normalized spacial score (nSPS) is 19.2. The average molecular weight is 435 g/mol. The van der Waals surface area contributed by atoms with Crippen LogP contribution in [0, 0.1) is 0 Å². The van der Waals surface area contributed by atoms with E-state index in [4.69, 9.17) is 14.2 Å². The molecule has 2 N–H and O–H groups in total. The Kier molecular flexibility index (Phi) is 5.77. The fourth-order valence-corrected chi connectivity index (χ4v) is 3.43. The number of aliphatic hydroxyl groups is 1. The summed E-state index contributed by atoms with van der Waals surface area (Å²) in [5, 5.41) is 11.9. The monoisotopic (exact) mass is 435 g/mol. The lowest BCUT2D eigenvalue weighted by Crippen LogP contribution is -2.32. The number of nitrogens with one attached hydrogen (secondary N) is 1. The number of halogens is 3. The predicted octanol–water partition coefficient (Wildman–Crippen LogP) is 4.03. The van der Waals surface area contributed by atoms with Crippen LogP contribution in [0.3, 0.4) is 0 Å². The Labute approximate surface area is 176 Å². The number of carbonyl (C=O) groups excluding carboxylic acids is 1. The van der Waals surface area contributed by atoms with E-state index in [2.05, 4.69) is 5.32 Å². The van der Waals surface area contributed by atoms with E-state index in [1.165, 1.54) is 12.1 Å². The second-order valence-corrected chi connectivity index (χ2v) is 7.21. The van der Waals surface area contributed by atoms with Crippen molar-refractivity contribution in [1.82, 2.24) is 0 Å². The Balaban J connectivity index is 1.55. The van der Waals surface area contributed by atoms with Crippen molar-refractivity contribution in [2.24, 2.45) is 0 Å². The van der Waals surface area contributed by atoms with Gasteiger partial charge in [0, 0.05) is 23.4 Å². The average Bonchev–Trinajstić information content (AvgIpc) is 2.94. The second-order valence-electron chi connectivity index (χ2n) is 7.21. The number of allylic oxidation sites excluding steroid dienone is 1. The maximum absolute atomic E-state index is 13.0. The predicted molar refractivity (Wildman–Crippen MR) is 106 cm³/mol. The van der Waals surface area contributed by atoms with Gasteiger partial charge in [0.25, 0.3) is 0 Å². The molecule has 1 atom stereocenters. The number of hydrogen-bond acceptors (Lipinski definition) is 5. The standard InChI is InChI=1S/C22H20F3NO5/c23-22(24,25)14-3-5-17-13(2-1-7-29-19(17)9-14)8-21(28)26-15-4-6-18-20(10-15)31-16(11-27)12-30-18/h3-6,8-10,16,27H,1-2,7,11-12H2,(H,26,28)/b13-8+. The molecule has 1 amide bonds. The first-order valence-electron chi connectivity index (χ1n) is 9.74. The third-order valence-electron chi connectivity index (χ3n) is 4.94. The molecule has 2 aliphatic rings. The summed E-state index contributed by atoms with van der Waals surface area (Å²) >= 11 is 0. The van der Waals surface area contributed by atoms with Crippen molar-refractivity contribution in [1.29, 1.82) is 0 Å². The zero-order valence-corrected chi connectivity index (χ0v) is 16.4. The second kappa shape index (κ2) is 8.50. The number of fused-ring (bicyclic) bond motifs is 2. The van der Waals surface area contributed by atoms with Crippen LogP contribution in [0.5, 0.6) is 17.2 Å². The van der Waals surface area contributed by atoms with Crippen LogP contribution in [0.2, 0.25) is 0 Å². The Morgan fingerprint density at radius 1 is 1.13 bits per heavy atom. The van der Waals surface area contributed by atoms with Crippen molar-refractivity contribution in [3.05, 3.63) is 53.6 Å². The molecule has 2 aromatic carbocycles. The van der Waals surface area contributed by atoms with E-state index in [9.17, 15) is 23.1 Å². The minimum Gasteiger partial charge on any atom is -0.493 e. The van der Waals surface area contributed by atoms with Crippen LogP contribution in [0.1, 0.15) is 24.0 Å². The number of aliphatic hydroxyl groups excluding tert-OH is 1. The molecule has 0 bridgehead atoms. The van der Waals surface area contributed by atoms with Crippen molar-refractivity contribution < 1.29 is 37.3 Å². The summed E-state index contributed by atoms with van der Waals surface area (Å²) in [6, 6.07) is 8.17. The van der Waals surface area contributed by atoms with Gasteiger partial charge in [-0.05, 0) is 42.7 Å². The molecule has 2 heterocycles. The van der Waals surface area contributed by atoms with Gasteiger partial charge in [-0.15, -0.1) is 0 Å². The summed E-state index contributed by atoms with van der Waals surface area (Å²) in [5.74, 6) is 0.596. The van der Waals surface area contributed by atoms with Crippen molar-refractivity contribution in [3.8, 4) is 17.2 Å². The Morgan fingerprint density at radius 3 is 2.74 bits per heavy atom. The Morgan fingerprint density at radius 2 is 1.97 bits per heavy atom. The maximum atomic E-state index is 13.0. The van der Waals surface area contributed by atoms with Gasteiger partial charge in [-0.3, -0.25) is 4.79 Å². The van der Waals surface area contributed by atoms with Crippen LogP contribution in [0.25, 0.3) is 5.57 Å². The number of ether oxygens (including phenoxy) is 3. The topological polar surface area (TPSA) is 77.0 Å². The fourth-order valence-electron chi connectivity index (χ4n) is 3.43. The number of benzene rings is 2. The first-order chi connectivity index (χ1) is 14.8. The van der Waals surface area contributed by atoms with Crippen LogP contribution < -0.4 is 19.5 Å². The molecule has 0 fully saturated rings. The molecule has 6 nitrogen and oxygen atoms in total. The summed E-state index contributed by atoms with van der Waals surface area (Å²) in [4.78, 5) is 12.6. The molecule has 0 saturated carbocycles. The van der Waals surface area contributed by atoms with E-state index < -0.39 is 23.8 Å². The van der Waals surface area contributed by atoms with Crippen LogP contribution in [-0.4, -0.2) is 36.9 Å². The molecule has 0 aliphatic carbocycles. The van der Waals surface area contributed by atoms with E-state index in [-0.39, 0.29) is 25.6 Å². The molecule has 164 valence electrons. The molecule has 9 heteroatoms. The van der Waals surface area contributed by atoms with E-state index in [0.29, 0.717) is 41.2 Å². The number of hydrogen-bond donors (Lipinski definition) is 2. The van der Waals surface area contributed by atoms with Crippen LogP contribution in [0.15, 0.2) is 42.5 Å². The van der Waals surface area contributed by atoms with Crippen LogP contribution >= 0.6 is 0 Å². The number of alkyl halides is 3. The van der Waals surface area contributed by atoms with E-state index in [1.807, 2.05) is 0 Å². The van der Waals surface area contributed by atoms with Gasteiger partial charge in [0.15, 0.2) is 17.6 Å². The number of anilines is 1. The number of carbonyl (C=O) groups is 1. The summed E-state index contributed by atoms with van der Waals surface area (Å²) in [7, 11) is 0. The van der Waals surface area contributed by atoms with Crippen LogP contribution in [0.4, 0.5) is 18.9 Å². The molecule has 4 rings (SSSR count). The van der Waals surface area contributed by atoms with Gasteiger partial charge in [-0.2, -0.15) is 13.2 Å². The first-order valence-corrected chi connectivity index (χ1v) is 9.74. The highest BCUT2D eigenvalue weighted by atomic mass is 19.4. The van der Waals surface area contributed by atoms with Gasteiger partial charge >= 0.3 is 6.18 Å². The zero-order chi connectivity index (χ0) is 22.0. The molecule has 2 aliphatic heterocycles. The van der Waals surface area contributed by atoms with Gasteiger partial charge in [0.2, 0.25) is 5.91 Å². The first kappa shape index (κ1) is 21.0. The lowest BCUT2D eigenvalue weighted by molar-refractivity contribution is -0.137. The molecule has 0 aromatic heterocycles. The highest BCUT2D eigenvalue weighted by Crippen LogP contribution is 2.38. The molecule has 0 radical (unpaired) electrons. The minimum atomic E-state index is -4.47. The fraction of sp³-hybridized carbons (Fsp3) is 0.318. The van der Waals surface area contributed by atoms with Gasteiger partial charge in [-0.25, -0.2) is 0 Å². The van der Waals surface area contributed by atoms with Crippen molar-refractivity contribution in [2.45, 2.75) is 25.1 Å². The van der Waals surface area contributed by atoms with Crippen molar-refractivity contribution >= 4 is 17.2 Å². The van der Waals surface area contributed by atoms with Crippen LogP contribution in [-0.2, 0) is 11.0 Å². The van der Waals surface area contributed by atoms with Crippen molar-refractivity contribution in [2.75, 3.05) is 25.1 Å².